The summed E-state index contributed by atoms with van der Waals surface area (Å²) in [4.78, 5) is 12.9. The minimum absolute atomic E-state index is 0.159. The second-order valence-corrected chi connectivity index (χ2v) is 6.78. The fourth-order valence-corrected chi connectivity index (χ4v) is 3.12. The van der Waals surface area contributed by atoms with Crippen LogP contribution in [0.15, 0.2) is 51.5 Å². The molecule has 0 aromatic heterocycles. The molecular formula is C20H19BrN2O3. The van der Waals surface area contributed by atoms with E-state index in [1.807, 2.05) is 50.2 Å². The van der Waals surface area contributed by atoms with Crippen LogP contribution in [0.25, 0.3) is 6.08 Å². The number of nitrogens with zero attached hydrogens (tertiary/aromatic N) is 2. The molecule has 3 rings (SSSR count). The molecule has 0 atom stereocenters. The van der Waals surface area contributed by atoms with Gasteiger partial charge in [-0.15, -0.1) is 0 Å². The number of anilines is 1. The predicted molar refractivity (Wildman–Crippen MR) is 107 cm³/mol. The first kappa shape index (κ1) is 18.2. The van der Waals surface area contributed by atoms with Crippen LogP contribution in [-0.2, 0) is 4.79 Å². The maximum atomic E-state index is 12.9. The van der Waals surface area contributed by atoms with Crippen molar-refractivity contribution in [3.05, 3.63) is 57.6 Å². The monoisotopic (exact) mass is 414 g/mol. The number of aryl methyl sites for hydroxylation is 1. The highest BCUT2D eigenvalue weighted by Crippen LogP contribution is 2.35. The number of carbonyl (C=O) groups excluding carboxylic acids is 1. The summed E-state index contributed by atoms with van der Waals surface area (Å²) in [6, 6.07) is 11.3. The Hall–Kier alpha value is -2.60. The van der Waals surface area contributed by atoms with Gasteiger partial charge in [0, 0.05) is 4.47 Å². The third-order valence-corrected chi connectivity index (χ3v) is 4.83. The molecule has 0 N–H and O–H groups in total. The maximum Gasteiger partial charge on any atom is 0.280 e. The van der Waals surface area contributed by atoms with Crippen molar-refractivity contribution >= 4 is 39.3 Å². The molecular weight excluding hydrogens is 396 g/mol. The molecule has 0 radical (unpaired) electrons. The first-order valence-corrected chi connectivity index (χ1v) is 8.84. The minimum Gasteiger partial charge on any atom is -0.493 e. The number of ether oxygens (including phenoxy) is 2. The summed E-state index contributed by atoms with van der Waals surface area (Å²) in [6.07, 6.45) is 1.81. The first-order valence-electron chi connectivity index (χ1n) is 8.04. The highest BCUT2D eigenvalue weighted by Gasteiger charge is 2.29. The zero-order valence-electron chi connectivity index (χ0n) is 15.0. The normalized spacial score (nSPS) is 15.4. The summed E-state index contributed by atoms with van der Waals surface area (Å²) >= 11 is 3.52. The molecule has 26 heavy (non-hydrogen) atoms. The van der Waals surface area contributed by atoms with Gasteiger partial charge in [0.2, 0.25) is 0 Å². The van der Waals surface area contributed by atoms with E-state index in [2.05, 4.69) is 21.0 Å². The number of hydrazone groups is 1. The van der Waals surface area contributed by atoms with Crippen molar-refractivity contribution in [2.45, 2.75) is 13.8 Å². The zero-order valence-corrected chi connectivity index (χ0v) is 16.6. The van der Waals surface area contributed by atoms with Crippen molar-refractivity contribution in [1.29, 1.82) is 0 Å². The van der Waals surface area contributed by atoms with Crippen LogP contribution in [0, 0.1) is 6.92 Å². The summed E-state index contributed by atoms with van der Waals surface area (Å²) in [7, 11) is 3.16. The average Bonchev–Trinajstić information content (AvgIpc) is 2.91. The lowest BCUT2D eigenvalue weighted by Gasteiger charge is -2.12. The van der Waals surface area contributed by atoms with Gasteiger partial charge < -0.3 is 9.47 Å². The predicted octanol–water partition coefficient (Wildman–Crippen LogP) is 4.58. The number of halogens is 1. The van der Waals surface area contributed by atoms with Crippen LogP contribution in [0.2, 0.25) is 0 Å². The lowest BCUT2D eigenvalue weighted by Crippen LogP contribution is -2.21. The van der Waals surface area contributed by atoms with E-state index in [0.717, 1.165) is 21.3 Å². The van der Waals surface area contributed by atoms with Gasteiger partial charge in [0.1, 0.15) is 0 Å². The minimum atomic E-state index is -0.159. The Balaban J connectivity index is 1.99. The summed E-state index contributed by atoms with van der Waals surface area (Å²) in [5, 5.41) is 5.84. The molecule has 0 unspecified atom stereocenters. The number of methoxy groups -OCH3 is 2. The van der Waals surface area contributed by atoms with Crippen molar-refractivity contribution in [2.24, 2.45) is 5.10 Å². The molecule has 0 saturated heterocycles. The largest absolute Gasteiger partial charge is 0.493 e. The molecule has 2 aromatic rings. The zero-order chi connectivity index (χ0) is 18.8. The Morgan fingerprint density at radius 1 is 1.04 bits per heavy atom. The summed E-state index contributed by atoms with van der Waals surface area (Å²) in [5.74, 6) is 1.05. The number of hydrogen-bond donors (Lipinski definition) is 0. The molecule has 0 fully saturated rings. The average molecular weight is 415 g/mol. The standard InChI is InChI=1S/C20H19BrN2O3/c1-12-5-7-15(8-6-12)23-20(24)16(13(2)22-23)9-14-10-18(25-3)19(26-4)11-17(14)21/h5-11H,1-4H3/b16-9+. The third kappa shape index (κ3) is 3.37. The van der Waals surface area contributed by atoms with Gasteiger partial charge in [-0.1, -0.05) is 33.6 Å². The summed E-state index contributed by atoms with van der Waals surface area (Å²) < 4.78 is 11.4. The van der Waals surface area contributed by atoms with E-state index >= 15 is 0 Å². The fraction of sp³-hybridized carbons (Fsp3) is 0.200. The molecule has 2 aromatic carbocycles. The third-order valence-electron chi connectivity index (χ3n) is 4.14. The lowest BCUT2D eigenvalue weighted by atomic mass is 10.1. The van der Waals surface area contributed by atoms with E-state index < -0.39 is 0 Å². The Kier molecular flexibility index (Phi) is 5.13. The van der Waals surface area contributed by atoms with Crippen LogP contribution >= 0.6 is 15.9 Å². The highest BCUT2D eigenvalue weighted by atomic mass is 79.9. The number of hydrogen-bond acceptors (Lipinski definition) is 4. The molecule has 0 saturated carbocycles. The van der Waals surface area contributed by atoms with Gasteiger partial charge in [-0.2, -0.15) is 10.1 Å². The first-order chi connectivity index (χ1) is 12.4. The van der Waals surface area contributed by atoms with Crippen LogP contribution in [-0.4, -0.2) is 25.8 Å². The number of carbonyl (C=O) groups is 1. The molecule has 1 amide bonds. The smallest absolute Gasteiger partial charge is 0.280 e. The van der Waals surface area contributed by atoms with Crippen molar-refractivity contribution in [3.8, 4) is 11.5 Å². The molecule has 0 spiro atoms. The van der Waals surface area contributed by atoms with Gasteiger partial charge in [-0.05, 0) is 49.8 Å². The lowest BCUT2D eigenvalue weighted by molar-refractivity contribution is -0.114. The number of rotatable bonds is 4. The Morgan fingerprint density at radius 2 is 1.65 bits per heavy atom. The highest BCUT2D eigenvalue weighted by molar-refractivity contribution is 9.10. The molecule has 1 aliphatic heterocycles. The van der Waals surface area contributed by atoms with Crippen molar-refractivity contribution in [3.63, 3.8) is 0 Å². The van der Waals surface area contributed by atoms with Crippen LogP contribution in [0.3, 0.4) is 0 Å². The van der Waals surface area contributed by atoms with E-state index in [1.54, 1.807) is 20.3 Å². The van der Waals surface area contributed by atoms with Crippen LogP contribution < -0.4 is 14.5 Å². The molecule has 0 bridgehead atoms. The SMILES string of the molecule is COc1cc(Br)c(/C=C2/C(=O)N(c3ccc(C)cc3)N=C2C)cc1OC. The van der Waals surface area contributed by atoms with Gasteiger partial charge in [-0.3, -0.25) is 4.79 Å². The topological polar surface area (TPSA) is 51.1 Å². The fourth-order valence-electron chi connectivity index (χ4n) is 2.68. The quantitative estimate of drug-likeness (QED) is 0.687. The second kappa shape index (κ2) is 7.33. The van der Waals surface area contributed by atoms with Crippen molar-refractivity contribution < 1.29 is 14.3 Å². The second-order valence-electron chi connectivity index (χ2n) is 5.92. The summed E-state index contributed by atoms with van der Waals surface area (Å²) in [5.41, 5.74) is 3.89. The van der Waals surface area contributed by atoms with Crippen LogP contribution in [0.4, 0.5) is 5.69 Å². The Labute approximate surface area is 161 Å². The van der Waals surface area contributed by atoms with Crippen molar-refractivity contribution in [2.75, 3.05) is 19.2 Å². The van der Waals surface area contributed by atoms with Crippen LogP contribution in [0.1, 0.15) is 18.1 Å². The molecule has 6 heteroatoms. The van der Waals surface area contributed by atoms with E-state index in [4.69, 9.17) is 9.47 Å². The number of amides is 1. The van der Waals surface area contributed by atoms with E-state index in [0.29, 0.717) is 22.8 Å². The Morgan fingerprint density at radius 3 is 2.27 bits per heavy atom. The molecule has 1 heterocycles. The molecule has 1 aliphatic rings. The maximum absolute atomic E-state index is 12.9. The van der Waals surface area contributed by atoms with E-state index in [9.17, 15) is 4.79 Å². The van der Waals surface area contributed by atoms with Gasteiger partial charge in [0.25, 0.3) is 5.91 Å². The molecule has 134 valence electrons. The summed E-state index contributed by atoms with van der Waals surface area (Å²) in [6.45, 7) is 3.83. The van der Waals surface area contributed by atoms with E-state index in [1.165, 1.54) is 5.01 Å². The van der Waals surface area contributed by atoms with Crippen molar-refractivity contribution in [1.82, 2.24) is 0 Å². The molecule has 5 nitrogen and oxygen atoms in total. The molecule has 0 aliphatic carbocycles. The van der Waals surface area contributed by atoms with Gasteiger partial charge in [0.05, 0.1) is 31.2 Å². The van der Waals surface area contributed by atoms with Crippen LogP contribution in [0.5, 0.6) is 11.5 Å². The Bertz CT molecular complexity index is 917. The van der Waals surface area contributed by atoms with Gasteiger partial charge in [-0.25, -0.2) is 0 Å². The van der Waals surface area contributed by atoms with Gasteiger partial charge in [0.15, 0.2) is 11.5 Å². The van der Waals surface area contributed by atoms with Gasteiger partial charge >= 0.3 is 0 Å². The van der Waals surface area contributed by atoms with E-state index in [-0.39, 0.29) is 5.91 Å². The number of benzene rings is 2.